The fourth-order valence-electron chi connectivity index (χ4n) is 5.05. The number of cyclic esters (lactones) is 1. The van der Waals surface area contributed by atoms with Gasteiger partial charge < -0.3 is 15.2 Å². The number of hydrogen-bond acceptors (Lipinski definition) is 7. The lowest BCUT2D eigenvalue weighted by molar-refractivity contribution is -0.143. The highest BCUT2D eigenvalue weighted by atomic mass is 33.1. The highest BCUT2D eigenvalue weighted by Crippen LogP contribution is 2.24. The van der Waals surface area contributed by atoms with E-state index in [1.54, 1.807) is 34.6 Å². The third-order valence-electron chi connectivity index (χ3n) is 7.50. The molecule has 0 fully saturated rings. The van der Waals surface area contributed by atoms with Crippen molar-refractivity contribution in [3.63, 3.8) is 0 Å². The van der Waals surface area contributed by atoms with Crippen LogP contribution in [0.25, 0.3) is 0 Å². The third kappa shape index (κ3) is 16.1. The van der Waals surface area contributed by atoms with Gasteiger partial charge in [0.2, 0.25) is 5.91 Å². The lowest BCUT2D eigenvalue weighted by atomic mass is 9.83. The SMILES string of the molecule is CCSSCCNC(=O)/C=C(\C)C[C@H](C)C(O)[C@H](C)C(=O)[C@H](C)/C=C(C)/C=C/CC(C)/C=C(C)\C=C\[C@@H]1OC(=O)C=C[C@@H]1C. The Balaban J connectivity index is 2.58. The van der Waals surface area contributed by atoms with Gasteiger partial charge in [0.15, 0.2) is 0 Å². The van der Waals surface area contributed by atoms with Gasteiger partial charge in [-0.25, -0.2) is 4.79 Å². The lowest BCUT2D eigenvalue weighted by Gasteiger charge is -2.25. The van der Waals surface area contributed by atoms with E-state index < -0.39 is 12.0 Å². The van der Waals surface area contributed by atoms with E-state index in [1.165, 1.54) is 6.08 Å². The van der Waals surface area contributed by atoms with Gasteiger partial charge in [-0.2, -0.15) is 0 Å². The van der Waals surface area contributed by atoms with Gasteiger partial charge in [0.05, 0.1) is 6.10 Å². The number of hydrogen-bond donors (Lipinski definition) is 2. The van der Waals surface area contributed by atoms with E-state index in [2.05, 4.69) is 31.3 Å². The average molecular weight is 646 g/mol. The molecule has 0 aromatic heterocycles. The maximum absolute atomic E-state index is 13.1. The van der Waals surface area contributed by atoms with Gasteiger partial charge in [-0.1, -0.05) is 116 Å². The first-order valence-electron chi connectivity index (χ1n) is 15.8. The van der Waals surface area contributed by atoms with E-state index in [9.17, 15) is 19.5 Å². The molecule has 2 unspecified atom stereocenters. The quantitative estimate of drug-likeness (QED) is 0.0486. The second kappa shape index (κ2) is 21.4. The average Bonchev–Trinajstić information content (AvgIpc) is 2.95. The van der Waals surface area contributed by atoms with E-state index in [0.717, 1.165) is 34.6 Å². The van der Waals surface area contributed by atoms with E-state index >= 15 is 0 Å². The van der Waals surface area contributed by atoms with Crippen LogP contribution in [0.1, 0.15) is 75.2 Å². The molecular weight excluding hydrogens is 591 g/mol. The van der Waals surface area contributed by atoms with Gasteiger partial charge in [-0.05, 0) is 51.5 Å². The molecule has 1 rings (SSSR count). The fraction of sp³-hybridized carbons (Fsp3) is 0.583. The number of allylic oxidation sites excluding steroid dienone is 8. The second-order valence-corrected chi connectivity index (χ2v) is 14.9. The summed E-state index contributed by atoms with van der Waals surface area (Å²) in [6, 6.07) is 0. The van der Waals surface area contributed by atoms with Crippen LogP contribution in [0.5, 0.6) is 0 Å². The Morgan fingerprint density at radius 1 is 1.07 bits per heavy atom. The molecule has 1 aliphatic heterocycles. The molecule has 0 bridgehead atoms. The summed E-state index contributed by atoms with van der Waals surface area (Å²) in [6.07, 6.45) is 17.6. The molecule has 1 aliphatic rings. The molecule has 1 amide bonds. The van der Waals surface area contributed by atoms with Gasteiger partial charge in [-0.15, -0.1) is 0 Å². The smallest absolute Gasteiger partial charge is 0.331 e. The number of aliphatic hydroxyl groups excluding tert-OH is 1. The zero-order chi connectivity index (χ0) is 33.2. The normalized spacial score (nSPS) is 21.7. The van der Waals surface area contributed by atoms with Gasteiger partial charge >= 0.3 is 5.97 Å². The number of rotatable bonds is 19. The molecule has 6 nitrogen and oxygen atoms in total. The first kappa shape index (κ1) is 39.7. The van der Waals surface area contributed by atoms with Crippen molar-refractivity contribution >= 4 is 39.2 Å². The molecule has 2 N–H and O–H groups in total. The molecule has 0 aromatic rings. The van der Waals surface area contributed by atoms with Gasteiger partial charge in [0.25, 0.3) is 0 Å². The maximum Gasteiger partial charge on any atom is 0.331 e. The molecule has 7 atom stereocenters. The molecular formula is C36H55NO5S2. The van der Waals surface area contributed by atoms with Crippen molar-refractivity contribution in [1.82, 2.24) is 5.32 Å². The Morgan fingerprint density at radius 2 is 1.75 bits per heavy atom. The standard InChI is InChI=1S/C36H55NO5S2/c1-10-43-44-19-18-37-33(38)23-27(5)22-30(8)36(41)31(9)35(40)29(7)21-25(3)13-11-12-24(2)20-26(4)14-16-32-28(6)15-17-34(39)42-32/h11,13-17,20-21,23-24,28-32,36,41H,10,12,18-19,22H2,1-9H3,(H,37,38)/b13-11+,16-14+,25-21+,26-20-,27-23+/t24?,28-,29+,30-,31+,32-,36?/m0/s1. The summed E-state index contributed by atoms with van der Waals surface area (Å²) < 4.78 is 5.37. The number of ketones is 1. The van der Waals surface area contributed by atoms with Crippen molar-refractivity contribution in [3.05, 3.63) is 71.4 Å². The van der Waals surface area contributed by atoms with Crippen molar-refractivity contribution < 1.29 is 24.2 Å². The van der Waals surface area contributed by atoms with Crippen LogP contribution >= 0.6 is 21.6 Å². The number of nitrogens with one attached hydrogen (secondary N) is 1. The first-order chi connectivity index (χ1) is 20.7. The minimum Gasteiger partial charge on any atom is -0.454 e. The number of Topliss-reactive ketones (excluding diaryl/α,β-unsaturated/α-hetero) is 1. The summed E-state index contributed by atoms with van der Waals surface area (Å²) in [6.45, 7) is 18.4. The minimum absolute atomic E-state index is 0.00564. The van der Waals surface area contributed by atoms with Crippen molar-refractivity contribution in [2.45, 2.75) is 87.4 Å². The van der Waals surface area contributed by atoms with Crippen LogP contribution in [0.15, 0.2) is 71.4 Å². The molecule has 0 spiro atoms. The monoisotopic (exact) mass is 645 g/mol. The number of amides is 1. The topological polar surface area (TPSA) is 92.7 Å². The zero-order valence-electron chi connectivity index (χ0n) is 28.2. The molecule has 0 radical (unpaired) electrons. The Morgan fingerprint density at radius 3 is 2.43 bits per heavy atom. The largest absolute Gasteiger partial charge is 0.454 e. The molecule has 1 heterocycles. The van der Waals surface area contributed by atoms with Gasteiger partial charge in [0, 0.05) is 48.0 Å². The minimum atomic E-state index is -0.794. The zero-order valence-corrected chi connectivity index (χ0v) is 29.8. The van der Waals surface area contributed by atoms with Gasteiger partial charge in [0.1, 0.15) is 11.9 Å². The number of aliphatic hydroxyl groups is 1. The number of carbonyl (C=O) groups is 3. The summed E-state index contributed by atoms with van der Waals surface area (Å²) in [4.78, 5) is 36.8. The number of esters is 1. The molecule has 246 valence electrons. The number of carbonyl (C=O) groups excluding carboxylic acids is 3. The van der Waals surface area contributed by atoms with Crippen LogP contribution in [-0.4, -0.2) is 53.0 Å². The molecule has 0 aliphatic carbocycles. The Kier molecular flexibility index (Phi) is 19.4. The van der Waals surface area contributed by atoms with E-state index in [1.807, 2.05) is 71.9 Å². The van der Waals surface area contributed by atoms with Crippen molar-refractivity contribution in [3.8, 4) is 0 Å². The highest BCUT2D eigenvalue weighted by molar-refractivity contribution is 8.76. The summed E-state index contributed by atoms with van der Waals surface area (Å²) in [7, 11) is 3.52. The van der Waals surface area contributed by atoms with Crippen LogP contribution in [0.4, 0.5) is 0 Å². The van der Waals surface area contributed by atoms with Gasteiger partial charge in [-0.3, -0.25) is 9.59 Å². The molecule has 0 saturated heterocycles. The Labute approximate surface area is 274 Å². The van der Waals surface area contributed by atoms with Crippen LogP contribution in [0, 0.1) is 29.6 Å². The Bertz CT molecular complexity index is 1120. The van der Waals surface area contributed by atoms with Crippen molar-refractivity contribution in [2.24, 2.45) is 29.6 Å². The second-order valence-electron chi connectivity index (χ2n) is 12.1. The lowest BCUT2D eigenvalue weighted by Crippen LogP contribution is -2.34. The van der Waals surface area contributed by atoms with E-state index in [4.69, 9.17) is 4.74 Å². The predicted molar refractivity (Wildman–Crippen MR) is 188 cm³/mol. The summed E-state index contributed by atoms with van der Waals surface area (Å²) in [5.74, 6) is 0.979. The maximum atomic E-state index is 13.1. The summed E-state index contributed by atoms with van der Waals surface area (Å²) in [5, 5.41) is 13.8. The van der Waals surface area contributed by atoms with E-state index in [0.29, 0.717) is 18.9 Å². The molecule has 0 aromatic carbocycles. The molecule has 8 heteroatoms. The fourth-order valence-corrected chi connectivity index (χ4v) is 6.62. The van der Waals surface area contributed by atoms with Crippen molar-refractivity contribution in [1.29, 1.82) is 0 Å². The van der Waals surface area contributed by atoms with Crippen LogP contribution < -0.4 is 5.32 Å². The Hall–Kier alpha value is -2.29. The summed E-state index contributed by atoms with van der Waals surface area (Å²) in [5.41, 5.74) is 3.00. The molecule has 0 saturated carbocycles. The van der Waals surface area contributed by atoms with Crippen molar-refractivity contribution in [2.75, 3.05) is 18.1 Å². The van der Waals surface area contributed by atoms with E-state index in [-0.39, 0.29) is 41.5 Å². The van der Waals surface area contributed by atoms with Crippen LogP contribution in [0.3, 0.4) is 0 Å². The van der Waals surface area contributed by atoms with Crippen LogP contribution in [-0.2, 0) is 19.1 Å². The molecule has 44 heavy (non-hydrogen) atoms. The third-order valence-corrected chi connectivity index (χ3v) is 9.98. The highest BCUT2D eigenvalue weighted by Gasteiger charge is 2.29. The predicted octanol–water partition coefficient (Wildman–Crippen LogP) is 7.83. The summed E-state index contributed by atoms with van der Waals surface area (Å²) >= 11 is 0. The van der Waals surface area contributed by atoms with Crippen LogP contribution in [0.2, 0.25) is 0 Å². The number of ether oxygens (including phenoxy) is 1. The first-order valence-corrected chi connectivity index (χ1v) is 18.2.